The second kappa shape index (κ2) is 9.76. The molecule has 1 N–H and O–H groups in total. The topological polar surface area (TPSA) is 102 Å². The number of hydrogen-bond donors (Lipinski definition) is 1. The highest BCUT2D eigenvalue weighted by atomic mass is 35.5. The molecule has 8 nitrogen and oxygen atoms in total. The number of carbonyl (C=O) groups excluding carboxylic acids is 2. The average molecular weight is 473 g/mol. The fourth-order valence-corrected chi connectivity index (χ4v) is 4.60. The van der Waals surface area contributed by atoms with Crippen molar-refractivity contribution in [2.75, 3.05) is 38.2 Å². The molecule has 1 aliphatic heterocycles. The molecule has 0 radical (unpaired) electrons. The summed E-state index contributed by atoms with van der Waals surface area (Å²) in [6, 6.07) is 10.0. The Morgan fingerprint density at radius 2 is 1.73 bits per heavy atom. The number of hydrogen-bond acceptors (Lipinski definition) is 6. The lowest BCUT2D eigenvalue weighted by molar-refractivity contribution is -0.119. The van der Waals surface area contributed by atoms with Gasteiger partial charge in [0, 0.05) is 23.8 Å². The summed E-state index contributed by atoms with van der Waals surface area (Å²) in [5, 5.41) is 3.02. The van der Waals surface area contributed by atoms with Crippen LogP contribution in [0.2, 0.25) is 10.0 Å². The summed E-state index contributed by atoms with van der Waals surface area (Å²) in [5.74, 6) is -1.35. The van der Waals surface area contributed by atoms with Gasteiger partial charge in [-0.3, -0.25) is 4.79 Å². The summed E-state index contributed by atoms with van der Waals surface area (Å²) in [4.78, 5) is 24.2. The molecule has 1 saturated heterocycles. The van der Waals surface area contributed by atoms with Crippen molar-refractivity contribution in [3.63, 3.8) is 0 Å². The Morgan fingerprint density at radius 1 is 1.07 bits per heavy atom. The third-order valence-electron chi connectivity index (χ3n) is 4.23. The molecule has 160 valence electrons. The monoisotopic (exact) mass is 472 g/mol. The summed E-state index contributed by atoms with van der Waals surface area (Å²) in [6.45, 7) is 0.764. The zero-order valence-electron chi connectivity index (χ0n) is 15.6. The second-order valence-corrected chi connectivity index (χ2v) is 9.07. The highest BCUT2D eigenvalue weighted by Crippen LogP contribution is 2.22. The fraction of sp³-hybridized carbons (Fsp3) is 0.263. The normalized spacial score (nSPS) is 14.9. The number of sulfonamides is 1. The highest BCUT2D eigenvalue weighted by molar-refractivity contribution is 7.89. The quantitative estimate of drug-likeness (QED) is 0.648. The number of morpholine rings is 1. The van der Waals surface area contributed by atoms with Crippen LogP contribution in [0, 0.1) is 0 Å². The molecule has 0 aromatic heterocycles. The molecule has 0 atom stereocenters. The highest BCUT2D eigenvalue weighted by Gasteiger charge is 2.26. The first-order chi connectivity index (χ1) is 14.3. The first kappa shape index (κ1) is 22.5. The van der Waals surface area contributed by atoms with Crippen LogP contribution in [0.3, 0.4) is 0 Å². The molecule has 1 fully saturated rings. The van der Waals surface area contributed by atoms with Crippen molar-refractivity contribution in [2.45, 2.75) is 4.90 Å². The van der Waals surface area contributed by atoms with Crippen LogP contribution < -0.4 is 5.32 Å². The summed E-state index contributed by atoms with van der Waals surface area (Å²) >= 11 is 11.7. The van der Waals surface area contributed by atoms with E-state index in [2.05, 4.69) is 5.32 Å². The number of benzene rings is 2. The molecule has 11 heteroatoms. The van der Waals surface area contributed by atoms with Crippen molar-refractivity contribution in [1.82, 2.24) is 4.31 Å². The molecule has 0 unspecified atom stereocenters. The standard InChI is InChI=1S/C19H18Cl2N2O6S/c20-13-1-6-16(17(21)11-13)19(25)29-12-18(24)22-14-2-4-15(5-3-14)30(26,27)23-7-9-28-10-8-23/h1-6,11H,7-10,12H2,(H,22,24). The van der Waals surface area contributed by atoms with E-state index in [1.807, 2.05) is 0 Å². The minimum absolute atomic E-state index is 0.0894. The number of nitrogens with one attached hydrogen (secondary N) is 1. The van der Waals surface area contributed by atoms with Crippen LogP contribution in [-0.4, -0.2) is 57.5 Å². The number of amides is 1. The summed E-state index contributed by atoms with van der Waals surface area (Å²) in [7, 11) is -3.62. The van der Waals surface area contributed by atoms with E-state index in [0.29, 0.717) is 37.0 Å². The SMILES string of the molecule is O=C(COC(=O)c1ccc(Cl)cc1Cl)Nc1ccc(S(=O)(=O)N2CCOCC2)cc1. The molecule has 1 heterocycles. The van der Waals surface area contributed by atoms with E-state index in [-0.39, 0.29) is 15.5 Å². The van der Waals surface area contributed by atoms with Crippen LogP contribution in [0.5, 0.6) is 0 Å². The first-order valence-corrected chi connectivity index (χ1v) is 11.1. The van der Waals surface area contributed by atoms with Gasteiger partial charge in [0.05, 0.1) is 28.7 Å². The molecular formula is C19H18Cl2N2O6S. The van der Waals surface area contributed by atoms with Crippen LogP contribution in [0.25, 0.3) is 0 Å². The van der Waals surface area contributed by atoms with Gasteiger partial charge in [-0.1, -0.05) is 23.2 Å². The van der Waals surface area contributed by atoms with Gasteiger partial charge in [-0.2, -0.15) is 4.31 Å². The van der Waals surface area contributed by atoms with Crippen molar-refractivity contribution in [3.8, 4) is 0 Å². The van der Waals surface area contributed by atoms with E-state index in [4.69, 9.17) is 32.7 Å². The lowest BCUT2D eigenvalue weighted by Gasteiger charge is -2.26. The number of esters is 1. The number of nitrogens with zero attached hydrogens (tertiary/aromatic N) is 1. The number of ether oxygens (including phenoxy) is 2. The van der Waals surface area contributed by atoms with E-state index in [1.54, 1.807) is 0 Å². The van der Waals surface area contributed by atoms with Crippen LogP contribution in [-0.2, 0) is 24.3 Å². The number of carbonyl (C=O) groups is 2. The number of anilines is 1. The van der Waals surface area contributed by atoms with Gasteiger partial charge in [-0.15, -0.1) is 0 Å². The largest absolute Gasteiger partial charge is 0.452 e. The Bertz CT molecular complexity index is 1040. The minimum atomic E-state index is -3.62. The zero-order chi connectivity index (χ0) is 21.7. The van der Waals surface area contributed by atoms with Crippen molar-refractivity contribution >= 4 is 50.8 Å². The number of rotatable bonds is 6. The van der Waals surface area contributed by atoms with Gasteiger partial charge in [0.25, 0.3) is 5.91 Å². The molecule has 1 amide bonds. The Labute approximate surface area is 183 Å². The van der Waals surface area contributed by atoms with Crippen LogP contribution in [0.1, 0.15) is 10.4 Å². The maximum absolute atomic E-state index is 12.6. The van der Waals surface area contributed by atoms with Crippen LogP contribution >= 0.6 is 23.2 Å². The van der Waals surface area contributed by atoms with Crippen LogP contribution in [0.4, 0.5) is 5.69 Å². The Kier molecular flexibility index (Phi) is 7.32. The molecule has 1 aliphatic rings. The first-order valence-electron chi connectivity index (χ1n) is 8.87. The fourth-order valence-electron chi connectivity index (χ4n) is 2.71. The smallest absolute Gasteiger partial charge is 0.340 e. The molecule has 30 heavy (non-hydrogen) atoms. The van der Waals surface area contributed by atoms with E-state index in [0.717, 1.165) is 0 Å². The van der Waals surface area contributed by atoms with Crippen molar-refractivity contribution in [3.05, 3.63) is 58.1 Å². The Morgan fingerprint density at radius 3 is 2.37 bits per heavy atom. The lowest BCUT2D eigenvalue weighted by atomic mass is 10.2. The Balaban J connectivity index is 1.56. The van der Waals surface area contributed by atoms with E-state index >= 15 is 0 Å². The molecule has 2 aromatic rings. The molecule has 2 aromatic carbocycles. The predicted molar refractivity (Wildman–Crippen MR) is 111 cm³/mol. The molecule has 0 spiro atoms. The number of halogens is 2. The summed E-state index contributed by atoms with van der Waals surface area (Å²) < 4.78 is 36.6. The van der Waals surface area contributed by atoms with Gasteiger partial charge < -0.3 is 14.8 Å². The third-order valence-corrected chi connectivity index (χ3v) is 6.69. The van der Waals surface area contributed by atoms with E-state index in [1.165, 1.54) is 46.8 Å². The molecular weight excluding hydrogens is 455 g/mol. The maximum atomic E-state index is 12.6. The zero-order valence-corrected chi connectivity index (χ0v) is 18.0. The van der Waals surface area contributed by atoms with Crippen LogP contribution in [0.15, 0.2) is 47.4 Å². The van der Waals surface area contributed by atoms with E-state index in [9.17, 15) is 18.0 Å². The van der Waals surface area contributed by atoms with Gasteiger partial charge in [0.1, 0.15) is 0 Å². The summed E-state index contributed by atoms with van der Waals surface area (Å²) in [5.41, 5.74) is 0.452. The minimum Gasteiger partial charge on any atom is -0.452 e. The van der Waals surface area contributed by atoms with Gasteiger partial charge >= 0.3 is 5.97 Å². The maximum Gasteiger partial charge on any atom is 0.340 e. The molecule has 0 aliphatic carbocycles. The van der Waals surface area contributed by atoms with Crippen molar-refractivity contribution in [2.24, 2.45) is 0 Å². The van der Waals surface area contributed by atoms with Gasteiger partial charge in [0.2, 0.25) is 10.0 Å². The second-order valence-electron chi connectivity index (χ2n) is 6.29. The van der Waals surface area contributed by atoms with E-state index < -0.39 is 28.5 Å². The van der Waals surface area contributed by atoms with Crippen molar-refractivity contribution < 1.29 is 27.5 Å². The van der Waals surface area contributed by atoms with Gasteiger partial charge in [-0.25, -0.2) is 13.2 Å². The summed E-state index contributed by atoms with van der Waals surface area (Å²) in [6.07, 6.45) is 0. The lowest BCUT2D eigenvalue weighted by Crippen LogP contribution is -2.40. The molecule has 0 saturated carbocycles. The van der Waals surface area contributed by atoms with Gasteiger partial charge in [-0.05, 0) is 42.5 Å². The predicted octanol–water partition coefficient (Wildman–Crippen LogP) is 2.81. The molecule has 0 bridgehead atoms. The molecule has 3 rings (SSSR count). The third kappa shape index (κ3) is 5.50. The average Bonchev–Trinajstić information content (AvgIpc) is 2.73. The Hall–Kier alpha value is -2.17. The van der Waals surface area contributed by atoms with Crippen molar-refractivity contribution in [1.29, 1.82) is 0 Å². The van der Waals surface area contributed by atoms with Gasteiger partial charge in [0.15, 0.2) is 6.61 Å².